The Bertz CT molecular complexity index is 678. The predicted octanol–water partition coefficient (Wildman–Crippen LogP) is 3.39. The Morgan fingerprint density at radius 3 is 2.59 bits per heavy atom. The molecule has 2 fully saturated rings. The lowest BCUT2D eigenvalue weighted by molar-refractivity contribution is -0.136. The number of carbonyl (C=O) groups excluding carboxylic acids is 1. The van der Waals surface area contributed by atoms with Crippen molar-refractivity contribution in [2.24, 2.45) is 11.8 Å². The van der Waals surface area contributed by atoms with Gasteiger partial charge in [-0.2, -0.15) is 5.10 Å². The van der Waals surface area contributed by atoms with E-state index < -0.39 is 0 Å². The number of aromatic nitrogens is 2. The van der Waals surface area contributed by atoms with Crippen LogP contribution in [0.5, 0.6) is 0 Å². The quantitative estimate of drug-likeness (QED) is 0.544. The van der Waals surface area contributed by atoms with Gasteiger partial charge in [-0.3, -0.25) is 9.89 Å². The van der Waals surface area contributed by atoms with Crippen LogP contribution in [0.15, 0.2) is 6.20 Å². The number of carbonyl (C=O) groups is 1. The molecule has 1 aliphatic heterocycles. The molecule has 0 spiro atoms. The number of H-pyrrole nitrogens is 1. The van der Waals surface area contributed by atoms with Crippen molar-refractivity contribution in [3.63, 3.8) is 0 Å². The molecule has 2 N–H and O–H groups in total. The number of rotatable bonds is 11. The number of nitrogens with one attached hydrogen (secondary N) is 2. The first-order valence-corrected chi connectivity index (χ1v) is 12.7. The van der Waals surface area contributed by atoms with E-state index in [1.165, 1.54) is 11.3 Å². The van der Waals surface area contributed by atoms with Crippen LogP contribution in [-0.4, -0.2) is 78.9 Å². The highest BCUT2D eigenvalue weighted by atomic mass is 16.5. The van der Waals surface area contributed by atoms with Crippen LogP contribution in [0.2, 0.25) is 0 Å². The van der Waals surface area contributed by atoms with Gasteiger partial charge in [-0.1, -0.05) is 13.8 Å². The second-order valence-electron chi connectivity index (χ2n) is 10.4. The molecule has 1 amide bonds. The highest BCUT2D eigenvalue weighted by molar-refractivity contribution is 5.76. The molecule has 3 rings (SSSR count). The lowest BCUT2D eigenvalue weighted by atomic mass is 9.81. The van der Waals surface area contributed by atoms with E-state index in [0.29, 0.717) is 36.1 Å². The monoisotopic (exact) mass is 447 g/mol. The molecule has 1 aromatic rings. The van der Waals surface area contributed by atoms with Gasteiger partial charge in [0.25, 0.3) is 0 Å². The summed E-state index contributed by atoms with van der Waals surface area (Å²) in [5.41, 5.74) is 2.63. The van der Waals surface area contributed by atoms with Gasteiger partial charge in [-0.05, 0) is 64.5 Å². The van der Waals surface area contributed by atoms with Gasteiger partial charge in [-0.25, -0.2) is 0 Å². The number of amides is 1. The first kappa shape index (κ1) is 25.2. The summed E-state index contributed by atoms with van der Waals surface area (Å²) < 4.78 is 5.55. The fraction of sp³-hybridized carbons (Fsp3) is 0.840. The normalized spacial score (nSPS) is 22.6. The van der Waals surface area contributed by atoms with Crippen molar-refractivity contribution in [1.29, 1.82) is 0 Å². The van der Waals surface area contributed by atoms with Gasteiger partial charge in [0, 0.05) is 69.0 Å². The van der Waals surface area contributed by atoms with Gasteiger partial charge in [0.1, 0.15) is 0 Å². The SMILES string of the molecule is CNCCN(C)Cc1cn[nH]c1C1CCC(N(CC2CCOCC2)C(=O)CC(C)C)CC1. The molecule has 0 radical (unpaired) electrons. The summed E-state index contributed by atoms with van der Waals surface area (Å²) in [5.74, 6) is 1.86. The molecule has 0 unspecified atom stereocenters. The van der Waals surface area contributed by atoms with E-state index in [2.05, 4.69) is 46.2 Å². The van der Waals surface area contributed by atoms with Crippen molar-refractivity contribution < 1.29 is 9.53 Å². The molecule has 0 aromatic carbocycles. The van der Waals surface area contributed by atoms with Gasteiger partial charge in [0.2, 0.25) is 5.91 Å². The third-order valence-electron chi connectivity index (χ3n) is 7.18. The smallest absolute Gasteiger partial charge is 0.223 e. The average Bonchev–Trinajstić information content (AvgIpc) is 3.24. The van der Waals surface area contributed by atoms with Gasteiger partial charge < -0.3 is 19.9 Å². The number of ether oxygens (including phenoxy) is 1. The molecular formula is C25H45N5O2. The minimum atomic E-state index is 0.350. The minimum Gasteiger partial charge on any atom is -0.381 e. The number of likely N-dealkylation sites (N-methyl/N-ethyl adjacent to an activating group) is 2. The second-order valence-corrected chi connectivity index (χ2v) is 10.4. The topological polar surface area (TPSA) is 73.5 Å². The maximum atomic E-state index is 13.2. The summed E-state index contributed by atoms with van der Waals surface area (Å²) in [7, 11) is 4.16. The standard InChI is InChI=1S/C25H45N5O2/c1-19(2)15-24(31)30(17-20-9-13-32-14-10-20)23-7-5-21(6-8-23)25-22(16-27-28-25)18-29(4)12-11-26-3/h16,19-21,23,26H,5-15,17-18H2,1-4H3,(H,27,28). The zero-order valence-corrected chi connectivity index (χ0v) is 20.7. The molecule has 1 aromatic heterocycles. The van der Waals surface area contributed by atoms with Gasteiger partial charge >= 0.3 is 0 Å². The maximum Gasteiger partial charge on any atom is 0.223 e. The van der Waals surface area contributed by atoms with Crippen LogP contribution in [0, 0.1) is 11.8 Å². The summed E-state index contributed by atoms with van der Waals surface area (Å²) >= 11 is 0. The second kappa shape index (κ2) is 12.7. The van der Waals surface area contributed by atoms with Crippen molar-refractivity contribution in [3.8, 4) is 0 Å². The summed E-state index contributed by atoms with van der Waals surface area (Å²) in [6.07, 6.45) is 9.25. The molecule has 32 heavy (non-hydrogen) atoms. The third kappa shape index (κ3) is 7.29. The van der Waals surface area contributed by atoms with E-state index in [4.69, 9.17) is 4.74 Å². The number of hydrogen-bond acceptors (Lipinski definition) is 5. The molecule has 2 aliphatic rings. The molecule has 1 saturated carbocycles. The lowest BCUT2D eigenvalue weighted by Crippen LogP contribution is -2.46. The van der Waals surface area contributed by atoms with E-state index in [-0.39, 0.29) is 0 Å². The average molecular weight is 448 g/mol. The highest BCUT2D eigenvalue weighted by Gasteiger charge is 2.32. The van der Waals surface area contributed by atoms with E-state index >= 15 is 0 Å². The van der Waals surface area contributed by atoms with Gasteiger partial charge in [0.15, 0.2) is 0 Å². The summed E-state index contributed by atoms with van der Waals surface area (Å²) in [4.78, 5) is 17.8. The molecule has 7 nitrogen and oxygen atoms in total. The van der Waals surface area contributed by atoms with Crippen LogP contribution in [0.25, 0.3) is 0 Å². The fourth-order valence-corrected chi connectivity index (χ4v) is 5.28. The zero-order valence-electron chi connectivity index (χ0n) is 20.7. The number of hydrogen-bond donors (Lipinski definition) is 2. The summed E-state index contributed by atoms with van der Waals surface area (Å²) in [5, 5.41) is 10.9. The predicted molar refractivity (Wildman–Crippen MR) is 129 cm³/mol. The Kier molecular flexibility index (Phi) is 10.0. The molecular weight excluding hydrogens is 402 g/mol. The Morgan fingerprint density at radius 2 is 1.94 bits per heavy atom. The molecule has 1 aliphatic carbocycles. The third-order valence-corrected chi connectivity index (χ3v) is 7.18. The molecule has 7 heteroatoms. The fourth-order valence-electron chi connectivity index (χ4n) is 5.28. The van der Waals surface area contributed by atoms with Crippen molar-refractivity contribution >= 4 is 5.91 Å². The van der Waals surface area contributed by atoms with E-state index in [1.54, 1.807) is 0 Å². The first-order valence-electron chi connectivity index (χ1n) is 12.7. The Balaban J connectivity index is 1.59. The molecule has 2 heterocycles. The van der Waals surface area contributed by atoms with Crippen LogP contribution in [0.1, 0.15) is 76.0 Å². The summed E-state index contributed by atoms with van der Waals surface area (Å²) in [6.45, 7) is 9.83. The van der Waals surface area contributed by atoms with Crippen LogP contribution in [0.4, 0.5) is 0 Å². The van der Waals surface area contributed by atoms with Crippen molar-refractivity contribution in [3.05, 3.63) is 17.5 Å². The van der Waals surface area contributed by atoms with Crippen LogP contribution in [0.3, 0.4) is 0 Å². The van der Waals surface area contributed by atoms with Crippen molar-refractivity contribution in [2.45, 2.75) is 77.3 Å². The largest absolute Gasteiger partial charge is 0.381 e. The van der Waals surface area contributed by atoms with Crippen LogP contribution in [-0.2, 0) is 16.1 Å². The van der Waals surface area contributed by atoms with Gasteiger partial charge in [-0.15, -0.1) is 0 Å². The van der Waals surface area contributed by atoms with Crippen molar-refractivity contribution in [1.82, 2.24) is 25.3 Å². The van der Waals surface area contributed by atoms with Crippen LogP contribution < -0.4 is 5.32 Å². The lowest BCUT2D eigenvalue weighted by Gasteiger charge is -2.40. The maximum absolute atomic E-state index is 13.2. The van der Waals surface area contributed by atoms with Crippen molar-refractivity contribution in [2.75, 3.05) is 46.9 Å². The van der Waals surface area contributed by atoms with Gasteiger partial charge in [0.05, 0.1) is 6.20 Å². The van der Waals surface area contributed by atoms with Crippen LogP contribution >= 0.6 is 0 Å². The number of nitrogens with zero attached hydrogens (tertiary/aromatic N) is 3. The Morgan fingerprint density at radius 1 is 1.22 bits per heavy atom. The molecule has 0 atom stereocenters. The number of aromatic amines is 1. The van der Waals surface area contributed by atoms with E-state index in [0.717, 1.165) is 77.9 Å². The minimum absolute atomic E-state index is 0.350. The highest BCUT2D eigenvalue weighted by Crippen LogP contribution is 2.36. The Hall–Kier alpha value is -1.44. The Labute approximate surface area is 194 Å². The molecule has 182 valence electrons. The van der Waals surface area contributed by atoms with E-state index in [9.17, 15) is 4.79 Å². The summed E-state index contributed by atoms with van der Waals surface area (Å²) in [6, 6.07) is 0.380. The first-order chi connectivity index (χ1) is 15.5. The zero-order chi connectivity index (χ0) is 22.9. The molecule has 0 bridgehead atoms. The molecule has 1 saturated heterocycles. The van der Waals surface area contributed by atoms with E-state index in [1.807, 2.05) is 13.2 Å².